The Balaban J connectivity index is 1.86. The van der Waals surface area contributed by atoms with E-state index in [9.17, 15) is 14.7 Å². The molecule has 1 saturated heterocycles. The summed E-state index contributed by atoms with van der Waals surface area (Å²) in [6, 6.07) is 10.0. The fourth-order valence-electron chi connectivity index (χ4n) is 4.52. The summed E-state index contributed by atoms with van der Waals surface area (Å²) in [5, 5.41) is 11.4. The van der Waals surface area contributed by atoms with Crippen LogP contribution in [0.5, 0.6) is 17.2 Å². The van der Waals surface area contributed by atoms with Gasteiger partial charge in [0.05, 0.1) is 18.2 Å². The Hall–Kier alpha value is -3.48. The highest BCUT2D eigenvalue weighted by molar-refractivity contribution is 6.46. The Morgan fingerprint density at radius 3 is 2.50 bits per heavy atom. The van der Waals surface area contributed by atoms with E-state index in [1.54, 1.807) is 24.3 Å². The van der Waals surface area contributed by atoms with Crippen molar-refractivity contribution >= 4 is 17.4 Å². The first-order valence-electron chi connectivity index (χ1n) is 11.8. The number of rotatable bonds is 7. The third kappa shape index (κ3) is 4.22. The molecule has 1 fully saturated rings. The molecule has 7 heteroatoms. The molecule has 0 saturated carbocycles. The first kappa shape index (κ1) is 23.7. The van der Waals surface area contributed by atoms with Gasteiger partial charge in [-0.1, -0.05) is 26.8 Å². The van der Waals surface area contributed by atoms with Crippen LogP contribution in [0.2, 0.25) is 0 Å². The van der Waals surface area contributed by atoms with Crippen LogP contribution in [0.1, 0.15) is 62.8 Å². The van der Waals surface area contributed by atoms with Gasteiger partial charge in [-0.2, -0.15) is 0 Å². The Bertz CT molecular complexity index is 1140. The topological polar surface area (TPSA) is 85.3 Å². The van der Waals surface area contributed by atoms with Crippen molar-refractivity contribution in [1.82, 2.24) is 4.90 Å². The molecule has 1 atom stereocenters. The number of Topliss-reactive ketones (excluding diaryl/α,β-unsaturated/α-hetero) is 1. The summed E-state index contributed by atoms with van der Waals surface area (Å²) in [4.78, 5) is 27.7. The minimum absolute atomic E-state index is 0.0778. The first-order valence-corrected chi connectivity index (χ1v) is 11.8. The average Bonchev–Trinajstić information content (AvgIpc) is 3.09. The summed E-state index contributed by atoms with van der Waals surface area (Å²) in [6.07, 6.45) is 0.675. The predicted molar refractivity (Wildman–Crippen MR) is 128 cm³/mol. The minimum Gasteiger partial charge on any atom is -0.507 e. The second-order valence-electron chi connectivity index (χ2n) is 8.74. The molecule has 7 nitrogen and oxygen atoms in total. The first-order chi connectivity index (χ1) is 16.4. The number of aliphatic hydroxyl groups excluding tert-OH is 1. The highest BCUT2D eigenvalue weighted by Crippen LogP contribution is 2.43. The van der Waals surface area contributed by atoms with Gasteiger partial charge in [0.15, 0.2) is 11.5 Å². The van der Waals surface area contributed by atoms with Crippen LogP contribution in [0, 0.1) is 0 Å². The van der Waals surface area contributed by atoms with E-state index in [2.05, 4.69) is 0 Å². The maximum atomic E-state index is 13.2. The summed E-state index contributed by atoms with van der Waals surface area (Å²) >= 11 is 0. The predicted octanol–water partition coefficient (Wildman–Crippen LogP) is 4.81. The molecule has 0 aromatic heterocycles. The maximum absolute atomic E-state index is 13.2. The van der Waals surface area contributed by atoms with Gasteiger partial charge in [-0.15, -0.1) is 0 Å². The van der Waals surface area contributed by atoms with Crippen LogP contribution in [-0.4, -0.2) is 48.1 Å². The third-order valence-corrected chi connectivity index (χ3v) is 6.09. The Morgan fingerprint density at radius 1 is 1.09 bits per heavy atom. The number of amides is 1. The molecule has 2 aromatic carbocycles. The highest BCUT2D eigenvalue weighted by Gasteiger charge is 2.46. The van der Waals surface area contributed by atoms with Crippen molar-refractivity contribution in [3.05, 3.63) is 58.7 Å². The van der Waals surface area contributed by atoms with Gasteiger partial charge >= 0.3 is 0 Å². The molecule has 1 unspecified atom stereocenters. The number of benzene rings is 2. The maximum Gasteiger partial charge on any atom is 0.295 e. The number of carbonyl (C=O) groups is 2. The van der Waals surface area contributed by atoms with Crippen LogP contribution >= 0.6 is 0 Å². The van der Waals surface area contributed by atoms with Gasteiger partial charge in [-0.25, -0.2) is 0 Å². The Kier molecular flexibility index (Phi) is 6.82. The van der Waals surface area contributed by atoms with Crippen molar-refractivity contribution in [2.75, 3.05) is 26.4 Å². The summed E-state index contributed by atoms with van der Waals surface area (Å²) in [5.41, 5.74) is 2.16. The number of carbonyl (C=O) groups excluding carboxylic acids is 2. The van der Waals surface area contributed by atoms with Gasteiger partial charge in [0.2, 0.25) is 0 Å². The van der Waals surface area contributed by atoms with E-state index in [0.29, 0.717) is 55.4 Å². The van der Waals surface area contributed by atoms with Crippen LogP contribution in [0.3, 0.4) is 0 Å². The molecule has 2 heterocycles. The van der Waals surface area contributed by atoms with Crippen molar-refractivity contribution in [2.24, 2.45) is 0 Å². The standard InChI is InChI=1S/C27H31NO6/c1-5-11-28-24(17-7-10-21-22(15-17)34-13-12-33-21)23(26(30)27(28)31)25(29)18-8-9-20(32-6-2)19(14-18)16(3)4/h7-10,14-16,24,29H,5-6,11-13H2,1-4H3/b25-23-. The lowest BCUT2D eigenvalue weighted by Crippen LogP contribution is -2.30. The lowest BCUT2D eigenvalue weighted by molar-refractivity contribution is -0.139. The molecule has 1 amide bonds. The van der Waals surface area contributed by atoms with E-state index in [1.165, 1.54) is 4.90 Å². The molecule has 2 aliphatic heterocycles. The van der Waals surface area contributed by atoms with E-state index in [0.717, 1.165) is 11.3 Å². The number of likely N-dealkylation sites (tertiary alicyclic amines) is 1. The van der Waals surface area contributed by atoms with Gasteiger partial charge < -0.3 is 24.2 Å². The van der Waals surface area contributed by atoms with E-state index in [1.807, 2.05) is 39.8 Å². The fraction of sp³-hybridized carbons (Fsp3) is 0.407. The van der Waals surface area contributed by atoms with Gasteiger partial charge in [0, 0.05) is 12.1 Å². The molecular weight excluding hydrogens is 434 g/mol. The quantitative estimate of drug-likeness (QED) is 0.359. The zero-order valence-corrected chi connectivity index (χ0v) is 20.1. The molecule has 0 radical (unpaired) electrons. The lowest BCUT2D eigenvalue weighted by atomic mass is 9.93. The average molecular weight is 466 g/mol. The fourth-order valence-corrected chi connectivity index (χ4v) is 4.52. The molecule has 0 spiro atoms. The van der Waals surface area contributed by atoms with Crippen LogP contribution in [0.4, 0.5) is 0 Å². The minimum atomic E-state index is -0.718. The number of hydrogen-bond donors (Lipinski definition) is 1. The normalized spacial score (nSPS) is 19.1. The summed E-state index contributed by atoms with van der Waals surface area (Å²) in [5.74, 6) is 0.574. The third-order valence-electron chi connectivity index (χ3n) is 6.09. The van der Waals surface area contributed by atoms with E-state index < -0.39 is 17.7 Å². The number of aliphatic hydroxyl groups is 1. The van der Waals surface area contributed by atoms with Crippen molar-refractivity contribution in [3.8, 4) is 17.2 Å². The Labute approximate surface area is 199 Å². The molecule has 0 bridgehead atoms. The van der Waals surface area contributed by atoms with Gasteiger partial charge in [0.25, 0.3) is 11.7 Å². The summed E-state index contributed by atoms with van der Waals surface area (Å²) in [6.45, 7) is 9.75. The molecule has 1 N–H and O–H groups in total. The number of nitrogens with zero attached hydrogens (tertiary/aromatic N) is 1. The van der Waals surface area contributed by atoms with Gasteiger partial charge in [-0.05, 0) is 60.7 Å². The monoisotopic (exact) mass is 465 g/mol. The lowest BCUT2D eigenvalue weighted by Gasteiger charge is -2.26. The zero-order chi connectivity index (χ0) is 24.4. The molecular formula is C27H31NO6. The van der Waals surface area contributed by atoms with Crippen LogP contribution in [0.25, 0.3) is 5.76 Å². The number of ketones is 1. The van der Waals surface area contributed by atoms with Gasteiger partial charge in [0.1, 0.15) is 24.7 Å². The second kappa shape index (κ2) is 9.79. The molecule has 2 aliphatic rings. The van der Waals surface area contributed by atoms with Gasteiger partial charge in [-0.3, -0.25) is 9.59 Å². The number of ether oxygens (including phenoxy) is 3. The van der Waals surface area contributed by atoms with E-state index in [4.69, 9.17) is 14.2 Å². The van der Waals surface area contributed by atoms with Crippen LogP contribution in [-0.2, 0) is 9.59 Å². The van der Waals surface area contributed by atoms with E-state index in [-0.39, 0.29) is 17.3 Å². The van der Waals surface area contributed by atoms with Crippen molar-refractivity contribution in [2.45, 2.75) is 46.1 Å². The molecule has 180 valence electrons. The summed E-state index contributed by atoms with van der Waals surface area (Å²) in [7, 11) is 0. The SMILES string of the molecule is CCCN1C(=O)C(=O)/C(=C(\O)c2ccc(OCC)c(C(C)C)c2)C1c1ccc2c(c1)OCCO2. The molecule has 34 heavy (non-hydrogen) atoms. The zero-order valence-electron chi connectivity index (χ0n) is 20.1. The molecule has 2 aromatic rings. The second-order valence-corrected chi connectivity index (χ2v) is 8.74. The number of fused-ring (bicyclic) bond motifs is 1. The van der Waals surface area contributed by atoms with Crippen molar-refractivity contribution in [3.63, 3.8) is 0 Å². The van der Waals surface area contributed by atoms with Crippen LogP contribution in [0.15, 0.2) is 42.0 Å². The van der Waals surface area contributed by atoms with Crippen LogP contribution < -0.4 is 14.2 Å². The van der Waals surface area contributed by atoms with Crippen molar-refractivity contribution < 1.29 is 28.9 Å². The Morgan fingerprint density at radius 2 is 1.82 bits per heavy atom. The number of hydrogen-bond acceptors (Lipinski definition) is 6. The smallest absolute Gasteiger partial charge is 0.295 e. The van der Waals surface area contributed by atoms with E-state index >= 15 is 0 Å². The highest BCUT2D eigenvalue weighted by atomic mass is 16.6. The molecule has 4 rings (SSSR count). The molecule has 0 aliphatic carbocycles. The summed E-state index contributed by atoms with van der Waals surface area (Å²) < 4.78 is 17.1. The largest absolute Gasteiger partial charge is 0.507 e. The van der Waals surface area contributed by atoms with Crippen molar-refractivity contribution in [1.29, 1.82) is 0 Å².